The fourth-order valence-corrected chi connectivity index (χ4v) is 2.04. The summed E-state index contributed by atoms with van der Waals surface area (Å²) < 4.78 is 12.0. The molecule has 0 heterocycles. The summed E-state index contributed by atoms with van der Waals surface area (Å²) in [5, 5.41) is 10.7. The first-order chi connectivity index (χ1) is 10.1. The van der Waals surface area contributed by atoms with Gasteiger partial charge in [0.15, 0.2) is 0 Å². The molecule has 0 fully saturated rings. The van der Waals surface area contributed by atoms with Crippen LogP contribution in [0.15, 0.2) is 46.9 Å². The molecule has 2 aromatic rings. The van der Waals surface area contributed by atoms with Crippen LogP contribution in [0.4, 0.5) is 5.69 Å². The standard InChI is InChI=1S/C15H14BrNO4/c1-11-10-14(6-7-15(11)17(18)19)21-9-8-20-13-4-2-12(16)3-5-13/h2-7,10H,8-9H2,1H3. The molecule has 0 saturated carbocycles. The summed E-state index contributed by atoms with van der Waals surface area (Å²) in [5.41, 5.74) is 0.666. The maximum atomic E-state index is 10.7. The molecule has 0 unspecified atom stereocenters. The van der Waals surface area contributed by atoms with E-state index in [-0.39, 0.29) is 5.69 Å². The molecule has 0 atom stereocenters. The third-order valence-corrected chi connectivity index (χ3v) is 3.33. The van der Waals surface area contributed by atoms with Crippen molar-refractivity contribution in [2.24, 2.45) is 0 Å². The zero-order chi connectivity index (χ0) is 15.2. The van der Waals surface area contributed by atoms with Gasteiger partial charge in [0, 0.05) is 16.1 Å². The smallest absolute Gasteiger partial charge is 0.272 e. The summed E-state index contributed by atoms with van der Waals surface area (Å²) in [4.78, 5) is 10.3. The minimum absolute atomic E-state index is 0.0912. The number of rotatable bonds is 6. The topological polar surface area (TPSA) is 61.6 Å². The van der Waals surface area contributed by atoms with Gasteiger partial charge in [0.1, 0.15) is 24.7 Å². The molecule has 0 aliphatic heterocycles. The summed E-state index contributed by atoms with van der Waals surface area (Å²) in [6.45, 7) is 2.45. The highest BCUT2D eigenvalue weighted by Crippen LogP contribution is 2.23. The van der Waals surface area contributed by atoms with E-state index in [2.05, 4.69) is 15.9 Å². The van der Waals surface area contributed by atoms with Crippen molar-refractivity contribution in [1.82, 2.24) is 0 Å². The van der Waals surface area contributed by atoms with E-state index in [1.807, 2.05) is 24.3 Å². The van der Waals surface area contributed by atoms with Crippen molar-refractivity contribution in [2.75, 3.05) is 13.2 Å². The fraction of sp³-hybridized carbons (Fsp3) is 0.200. The largest absolute Gasteiger partial charge is 0.490 e. The van der Waals surface area contributed by atoms with Gasteiger partial charge in [0.2, 0.25) is 0 Å². The summed E-state index contributed by atoms with van der Waals surface area (Å²) >= 11 is 3.35. The Morgan fingerprint density at radius 3 is 2.19 bits per heavy atom. The van der Waals surface area contributed by atoms with Gasteiger partial charge in [-0.2, -0.15) is 0 Å². The lowest BCUT2D eigenvalue weighted by Crippen LogP contribution is -2.09. The van der Waals surface area contributed by atoms with Gasteiger partial charge in [-0.15, -0.1) is 0 Å². The van der Waals surface area contributed by atoms with Crippen LogP contribution in [0, 0.1) is 17.0 Å². The number of ether oxygens (including phenoxy) is 2. The van der Waals surface area contributed by atoms with Crippen LogP contribution in [0.2, 0.25) is 0 Å². The van der Waals surface area contributed by atoms with Crippen molar-refractivity contribution in [3.63, 3.8) is 0 Å². The first-order valence-corrected chi connectivity index (χ1v) is 7.12. The van der Waals surface area contributed by atoms with Crippen molar-refractivity contribution in [3.05, 3.63) is 62.6 Å². The zero-order valence-electron chi connectivity index (χ0n) is 11.4. The van der Waals surface area contributed by atoms with E-state index in [9.17, 15) is 10.1 Å². The summed E-state index contributed by atoms with van der Waals surface area (Å²) in [6, 6.07) is 12.2. The quantitative estimate of drug-likeness (QED) is 0.446. The van der Waals surface area contributed by atoms with Crippen LogP contribution < -0.4 is 9.47 Å². The van der Waals surface area contributed by atoms with Gasteiger partial charge in [-0.1, -0.05) is 15.9 Å². The molecule has 6 heteroatoms. The molecular formula is C15H14BrNO4. The van der Waals surface area contributed by atoms with Gasteiger partial charge in [0.25, 0.3) is 5.69 Å². The molecule has 0 N–H and O–H groups in total. The predicted octanol–water partition coefficient (Wildman–Crippen LogP) is 4.12. The second kappa shape index (κ2) is 7.08. The lowest BCUT2D eigenvalue weighted by molar-refractivity contribution is -0.385. The number of nitro groups is 1. The lowest BCUT2D eigenvalue weighted by atomic mass is 10.2. The van der Waals surface area contributed by atoms with Crippen LogP contribution in [0.25, 0.3) is 0 Å². The minimum Gasteiger partial charge on any atom is -0.490 e. The Morgan fingerprint density at radius 2 is 1.62 bits per heavy atom. The van der Waals surface area contributed by atoms with Crippen molar-refractivity contribution < 1.29 is 14.4 Å². The third kappa shape index (κ3) is 4.46. The van der Waals surface area contributed by atoms with Crippen LogP contribution in [0.1, 0.15) is 5.56 Å². The number of benzene rings is 2. The number of halogens is 1. The highest BCUT2D eigenvalue weighted by molar-refractivity contribution is 9.10. The molecule has 2 rings (SSSR count). The average molecular weight is 352 g/mol. The molecule has 0 radical (unpaired) electrons. The third-order valence-electron chi connectivity index (χ3n) is 2.80. The number of nitro benzene ring substituents is 1. The summed E-state index contributed by atoms with van der Waals surface area (Å²) in [5.74, 6) is 1.36. The predicted molar refractivity (Wildman–Crippen MR) is 83.0 cm³/mol. The van der Waals surface area contributed by atoms with Crippen LogP contribution in [0.5, 0.6) is 11.5 Å². The Bertz CT molecular complexity index is 628. The Morgan fingerprint density at radius 1 is 1.05 bits per heavy atom. The van der Waals surface area contributed by atoms with Crippen LogP contribution >= 0.6 is 15.9 Å². The fourth-order valence-electron chi connectivity index (χ4n) is 1.77. The van der Waals surface area contributed by atoms with E-state index in [4.69, 9.17) is 9.47 Å². The second-order valence-corrected chi connectivity index (χ2v) is 5.27. The SMILES string of the molecule is Cc1cc(OCCOc2ccc(Br)cc2)ccc1[N+](=O)[O-]. The molecule has 0 bridgehead atoms. The number of nitrogens with zero attached hydrogens (tertiary/aromatic N) is 1. The van der Waals surface area contributed by atoms with E-state index in [1.54, 1.807) is 19.1 Å². The van der Waals surface area contributed by atoms with Crippen molar-refractivity contribution >= 4 is 21.6 Å². The van der Waals surface area contributed by atoms with E-state index < -0.39 is 4.92 Å². The van der Waals surface area contributed by atoms with E-state index in [1.165, 1.54) is 6.07 Å². The van der Waals surface area contributed by atoms with Crippen molar-refractivity contribution in [1.29, 1.82) is 0 Å². The Labute approximate surface area is 130 Å². The molecule has 5 nitrogen and oxygen atoms in total. The lowest BCUT2D eigenvalue weighted by Gasteiger charge is -2.09. The van der Waals surface area contributed by atoms with Crippen LogP contribution in [0.3, 0.4) is 0 Å². The maximum Gasteiger partial charge on any atom is 0.272 e. The maximum absolute atomic E-state index is 10.7. The minimum atomic E-state index is -0.407. The van der Waals surface area contributed by atoms with Crippen LogP contribution in [-0.4, -0.2) is 18.1 Å². The second-order valence-electron chi connectivity index (χ2n) is 4.36. The van der Waals surface area contributed by atoms with E-state index in [0.717, 1.165) is 10.2 Å². The Hall–Kier alpha value is -2.08. The molecule has 0 spiro atoms. The zero-order valence-corrected chi connectivity index (χ0v) is 13.0. The van der Waals surface area contributed by atoms with Gasteiger partial charge >= 0.3 is 0 Å². The number of aryl methyl sites for hydroxylation is 1. The summed E-state index contributed by atoms with van der Waals surface area (Å²) in [6.07, 6.45) is 0. The van der Waals surface area contributed by atoms with Crippen molar-refractivity contribution in [2.45, 2.75) is 6.92 Å². The normalized spacial score (nSPS) is 10.2. The molecule has 21 heavy (non-hydrogen) atoms. The van der Waals surface area contributed by atoms with Crippen LogP contribution in [-0.2, 0) is 0 Å². The number of hydrogen-bond donors (Lipinski definition) is 0. The number of hydrogen-bond acceptors (Lipinski definition) is 4. The van der Waals surface area contributed by atoms with Crippen molar-refractivity contribution in [3.8, 4) is 11.5 Å². The molecule has 110 valence electrons. The highest BCUT2D eigenvalue weighted by Gasteiger charge is 2.10. The average Bonchev–Trinajstić information content (AvgIpc) is 2.45. The van der Waals surface area contributed by atoms with Gasteiger partial charge < -0.3 is 9.47 Å². The first-order valence-electron chi connectivity index (χ1n) is 6.32. The molecule has 0 aliphatic rings. The molecular weight excluding hydrogens is 338 g/mol. The summed E-state index contributed by atoms with van der Waals surface area (Å²) in [7, 11) is 0. The van der Waals surface area contributed by atoms with Gasteiger partial charge in [0.05, 0.1) is 4.92 Å². The monoisotopic (exact) mass is 351 g/mol. The van der Waals surface area contributed by atoms with Gasteiger partial charge in [-0.3, -0.25) is 10.1 Å². The Kier molecular flexibility index (Phi) is 5.16. The molecule has 0 aliphatic carbocycles. The van der Waals surface area contributed by atoms with E-state index in [0.29, 0.717) is 24.5 Å². The van der Waals surface area contributed by atoms with E-state index >= 15 is 0 Å². The highest BCUT2D eigenvalue weighted by atomic mass is 79.9. The van der Waals surface area contributed by atoms with Gasteiger partial charge in [-0.25, -0.2) is 0 Å². The molecule has 0 amide bonds. The van der Waals surface area contributed by atoms with Gasteiger partial charge in [-0.05, 0) is 43.3 Å². The first kappa shape index (κ1) is 15.3. The Balaban J connectivity index is 1.82. The molecule has 0 aromatic heterocycles. The molecule has 2 aromatic carbocycles. The molecule has 0 saturated heterocycles.